The van der Waals surface area contributed by atoms with Gasteiger partial charge in [0.05, 0.1) is 18.1 Å². The molecule has 5 nitrogen and oxygen atoms in total. The first-order valence-corrected chi connectivity index (χ1v) is 15.3. The minimum Gasteiger partial charge on any atom is -0.493 e. The van der Waals surface area contributed by atoms with Gasteiger partial charge in [0.2, 0.25) is 0 Å². The van der Waals surface area contributed by atoms with Crippen molar-refractivity contribution in [3.63, 3.8) is 0 Å². The van der Waals surface area contributed by atoms with E-state index in [0.717, 1.165) is 63.4 Å². The van der Waals surface area contributed by atoms with Crippen LogP contribution in [0.4, 0.5) is 0 Å². The van der Waals surface area contributed by atoms with E-state index in [4.69, 9.17) is 9.47 Å². The molecule has 0 radical (unpaired) electrons. The zero-order valence-corrected chi connectivity index (χ0v) is 23.9. The average Bonchev–Trinajstić information content (AvgIpc) is 3.31. The number of nitrogens with zero attached hydrogens (tertiary/aromatic N) is 2. The molecular weight excluding hydrogens is 484 g/mol. The van der Waals surface area contributed by atoms with Crippen LogP contribution < -0.4 is 9.47 Å². The number of aryl methyl sites for hydroxylation is 1. The van der Waals surface area contributed by atoms with Crippen LogP contribution in [0.1, 0.15) is 68.6 Å². The van der Waals surface area contributed by atoms with Crippen molar-refractivity contribution >= 4 is 0 Å². The number of unbranched alkanes of at least 4 members (excludes halogenated alkanes) is 3. The van der Waals surface area contributed by atoms with E-state index in [1.165, 1.54) is 48.8 Å². The normalized spacial score (nSPS) is 30.6. The summed E-state index contributed by atoms with van der Waals surface area (Å²) >= 11 is 0. The molecule has 2 heterocycles. The van der Waals surface area contributed by atoms with Gasteiger partial charge in [0.1, 0.15) is 6.10 Å². The van der Waals surface area contributed by atoms with E-state index in [1.54, 1.807) is 7.11 Å². The molecule has 2 bridgehead atoms. The van der Waals surface area contributed by atoms with E-state index < -0.39 is 5.60 Å². The second-order valence-electron chi connectivity index (χ2n) is 12.2. The Bertz CT molecular complexity index is 1170. The van der Waals surface area contributed by atoms with Crippen molar-refractivity contribution in [2.75, 3.05) is 33.3 Å². The molecule has 1 N–H and O–H groups in total. The highest BCUT2D eigenvalue weighted by molar-refractivity contribution is 5.63. The smallest absolute Gasteiger partial charge is 0.165 e. The fourth-order valence-electron chi connectivity index (χ4n) is 8.71. The van der Waals surface area contributed by atoms with Crippen molar-refractivity contribution in [1.29, 1.82) is 0 Å². The monoisotopic (exact) mass is 530 g/mol. The van der Waals surface area contributed by atoms with Crippen LogP contribution in [0.3, 0.4) is 0 Å². The van der Waals surface area contributed by atoms with Crippen molar-refractivity contribution in [2.45, 2.75) is 93.9 Å². The minimum absolute atomic E-state index is 0.0481. The third-order valence-corrected chi connectivity index (χ3v) is 10.5. The van der Waals surface area contributed by atoms with E-state index in [2.05, 4.69) is 65.8 Å². The van der Waals surface area contributed by atoms with Gasteiger partial charge >= 0.3 is 0 Å². The minimum atomic E-state index is -0.795. The van der Waals surface area contributed by atoms with Crippen molar-refractivity contribution in [2.24, 2.45) is 0 Å². The first-order chi connectivity index (χ1) is 19.1. The van der Waals surface area contributed by atoms with Gasteiger partial charge < -0.3 is 14.6 Å². The predicted octanol–water partition coefficient (Wildman–Crippen LogP) is 5.53. The van der Waals surface area contributed by atoms with Crippen LogP contribution >= 0.6 is 0 Å². The number of hydrogen-bond acceptors (Lipinski definition) is 5. The highest BCUT2D eigenvalue weighted by atomic mass is 16.5. The molecule has 4 aliphatic rings. The van der Waals surface area contributed by atoms with Crippen LogP contribution in [0.25, 0.3) is 0 Å². The Morgan fingerprint density at radius 1 is 1.13 bits per heavy atom. The second-order valence-corrected chi connectivity index (χ2v) is 12.2. The largest absolute Gasteiger partial charge is 0.493 e. The number of likely N-dealkylation sites (N-methyl/N-ethyl adjacent to an activating group) is 1. The Hall–Kier alpha value is -2.34. The summed E-state index contributed by atoms with van der Waals surface area (Å²) in [6.45, 7) is 10.2. The predicted molar refractivity (Wildman–Crippen MR) is 157 cm³/mol. The maximum absolute atomic E-state index is 12.7. The number of benzene rings is 2. The van der Waals surface area contributed by atoms with Crippen LogP contribution in [0.2, 0.25) is 0 Å². The zero-order chi connectivity index (χ0) is 27.0. The second kappa shape index (κ2) is 10.9. The quantitative estimate of drug-likeness (QED) is 0.289. The lowest BCUT2D eigenvalue weighted by atomic mass is 9.48. The summed E-state index contributed by atoms with van der Waals surface area (Å²) in [7, 11) is 1.74. The van der Waals surface area contributed by atoms with E-state index in [9.17, 15) is 5.11 Å². The number of aliphatic hydroxyl groups is 1. The van der Waals surface area contributed by atoms with Crippen LogP contribution in [-0.2, 0) is 18.3 Å². The Morgan fingerprint density at radius 2 is 1.95 bits per heavy atom. The molecule has 0 unspecified atom stereocenters. The summed E-state index contributed by atoms with van der Waals surface area (Å²) in [5, 5.41) is 12.7. The Kier molecular flexibility index (Phi) is 7.51. The summed E-state index contributed by atoms with van der Waals surface area (Å²) < 4.78 is 12.8. The summed E-state index contributed by atoms with van der Waals surface area (Å²) in [6.07, 6.45) is 11.7. The maximum Gasteiger partial charge on any atom is 0.165 e. The molecule has 0 amide bonds. The van der Waals surface area contributed by atoms with Crippen molar-refractivity contribution in [1.82, 2.24) is 9.80 Å². The third kappa shape index (κ3) is 4.24. The topological polar surface area (TPSA) is 45.2 Å². The molecule has 6 rings (SSSR count). The average molecular weight is 531 g/mol. The van der Waals surface area contributed by atoms with E-state index in [0.29, 0.717) is 6.04 Å². The lowest BCUT2D eigenvalue weighted by Gasteiger charge is -2.64. The van der Waals surface area contributed by atoms with Gasteiger partial charge in [-0.05, 0) is 81.8 Å². The first kappa shape index (κ1) is 26.9. The molecule has 2 aromatic carbocycles. The standard InChI is InChI=1S/C34H46N2O3/c1-4-21-36-23-20-33-30-26-16-17-28(38-3)31(30)39-32(33)27(18-19-34(33,37)29(36)24-26)35(5-2)22-12-7-6-9-13-25-14-10-8-11-15-25/h4,8,10-11,14-17,27,29,32,37H,1,5-7,9,12-13,18-24H2,2-3H3/t27-,29-,32+,33+,34-/m1/s1. The molecule has 5 atom stereocenters. The molecular formula is C34H46N2O3. The number of likely N-dealkylation sites (tertiary alicyclic amines) is 1. The van der Waals surface area contributed by atoms with Gasteiger partial charge in [-0.3, -0.25) is 9.80 Å². The Morgan fingerprint density at radius 3 is 2.72 bits per heavy atom. The van der Waals surface area contributed by atoms with E-state index in [1.807, 2.05) is 6.08 Å². The first-order valence-electron chi connectivity index (χ1n) is 15.3. The van der Waals surface area contributed by atoms with Gasteiger partial charge in [-0.2, -0.15) is 0 Å². The molecule has 5 heteroatoms. The molecule has 1 saturated heterocycles. The van der Waals surface area contributed by atoms with Gasteiger partial charge in [0.15, 0.2) is 11.5 Å². The highest BCUT2D eigenvalue weighted by Crippen LogP contribution is 2.65. The number of ether oxygens (including phenoxy) is 2. The molecule has 1 saturated carbocycles. The number of rotatable bonds is 12. The van der Waals surface area contributed by atoms with Crippen molar-refractivity contribution < 1.29 is 14.6 Å². The fourth-order valence-corrected chi connectivity index (χ4v) is 8.71. The molecule has 210 valence electrons. The van der Waals surface area contributed by atoms with Gasteiger partial charge in [-0.15, -0.1) is 6.58 Å². The number of hydrogen-bond donors (Lipinski definition) is 1. The molecule has 1 spiro atoms. The van der Waals surface area contributed by atoms with Crippen LogP contribution in [0, 0.1) is 0 Å². The SMILES string of the molecule is C=CCN1CC[C@]23c4c5ccc(OC)c4O[C@H]2[C@H](N(CC)CCCCCCc2ccccc2)CC[C@@]3(O)[C@H]1C5. The zero-order valence-electron chi connectivity index (χ0n) is 23.9. The van der Waals surface area contributed by atoms with Gasteiger partial charge in [-0.1, -0.05) is 62.2 Å². The summed E-state index contributed by atoms with van der Waals surface area (Å²) in [4.78, 5) is 5.13. The molecule has 2 fully saturated rings. The summed E-state index contributed by atoms with van der Waals surface area (Å²) in [5.41, 5.74) is 2.86. The Labute approximate surface area is 234 Å². The molecule has 2 aromatic rings. The molecule has 2 aliphatic carbocycles. The molecule has 0 aromatic heterocycles. The lowest BCUT2D eigenvalue weighted by molar-refractivity contribution is -0.198. The van der Waals surface area contributed by atoms with Gasteiger partial charge in [-0.25, -0.2) is 0 Å². The number of methoxy groups -OCH3 is 1. The maximum atomic E-state index is 12.7. The number of piperidine rings is 1. The van der Waals surface area contributed by atoms with E-state index >= 15 is 0 Å². The summed E-state index contributed by atoms with van der Waals surface area (Å²) in [5.74, 6) is 1.71. The van der Waals surface area contributed by atoms with Crippen molar-refractivity contribution in [3.8, 4) is 11.5 Å². The summed E-state index contributed by atoms with van der Waals surface area (Å²) in [6, 6.07) is 15.5. The van der Waals surface area contributed by atoms with Crippen molar-refractivity contribution in [3.05, 3.63) is 71.8 Å². The highest BCUT2D eigenvalue weighted by Gasteiger charge is 2.73. The van der Waals surface area contributed by atoms with Gasteiger partial charge in [0, 0.05) is 24.2 Å². The van der Waals surface area contributed by atoms with Crippen LogP contribution in [0.5, 0.6) is 11.5 Å². The van der Waals surface area contributed by atoms with Crippen LogP contribution in [0.15, 0.2) is 55.1 Å². The van der Waals surface area contributed by atoms with E-state index in [-0.39, 0.29) is 17.6 Å². The Balaban J connectivity index is 1.21. The molecule has 39 heavy (non-hydrogen) atoms. The lowest BCUT2D eigenvalue weighted by Crippen LogP contribution is -2.78. The van der Waals surface area contributed by atoms with Crippen LogP contribution in [-0.4, -0.2) is 72.0 Å². The van der Waals surface area contributed by atoms with Gasteiger partial charge in [0.25, 0.3) is 0 Å². The molecule has 2 aliphatic heterocycles. The third-order valence-electron chi connectivity index (χ3n) is 10.5. The fraction of sp³-hybridized carbons (Fsp3) is 0.588.